The zero-order chi connectivity index (χ0) is 8.81. The lowest BCUT2D eigenvalue weighted by Gasteiger charge is -2.01. The Hall–Kier alpha value is -1.51. The van der Waals surface area contributed by atoms with Crippen LogP contribution in [0.2, 0.25) is 0 Å². The lowest BCUT2D eigenvalue weighted by atomic mass is 10.2. The number of amides is 1. The topological polar surface area (TPSA) is 41.1 Å². The number of carbonyl (C=O) groups excluding carboxylic acids is 1. The summed E-state index contributed by atoms with van der Waals surface area (Å²) in [6.45, 7) is 2.54. The van der Waals surface area contributed by atoms with Crippen molar-refractivity contribution in [3.63, 3.8) is 0 Å². The van der Waals surface area contributed by atoms with Crippen LogP contribution in [0.4, 0.5) is 0 Å². The van der Waals surface area contributed by atoms with E-state index in [9.17, 15) is 4.79 Å². The van der Waals surface area contributed by atoms with Crippen molar-refractivity contribution in [3.8, 4) is 0 Å². The van der Waals surface area contributed by atoms with Crippen LogP contribution in [-0.2, 0) is 4.79 Å². The third kappa shape index (κ3) is 2.27. The first-order valence-corrected chi connectivity index (χ1v) is 3.92. The molecule has 0 saturated carbocycles. The SMILES string of the molecule is CCNC(=O)C1=CNC=CC=C1. The number of allylic oxidation sites excluding steroid dienone is 2. The number of likely N-dealkylation sites (N-methyl/N-ethyl adjacent to an activating group) is 1. The van der Waals surface area contributed by atoms with Crippen LogP contribution in [0, 0.1) is 0 Å². The molecule has 1 aliphatic heterocycles. The van der Waals surface area contributed by atoms with Gasteiger partial charge >= 0.3 is 0 Å². The van der Waals surface area contributed by atoms with Gasteiger partial charge in [0.15, 0.2) is 0 Å². The number of hydrogen-bond donors (Lipinski definition) is 2. The molecule has 0 aromatic heterocycles. The molecule has 0 spiro atoms. The summed E-state index contributed by atoms with van der Waals surface area (Å²) in [6, 6.07) is 0. The normalized spacial score (nSPS) is 14.6. The molecule has 0 aliphatic carbocycles. The molecule has 3 heteroatoms. The van der Waals surface area contributed by atoms with Crippen molar-refractivity contribution in [2.24, 2.45) is 0 Å². The predicted octanol–water partition coefficient (Wildman–Crippen LogP) is 0.680. The van der Waals surface area contributed by atoms with E-state index in [1.807, 2.05) is 19.1 Å². The van der Waals surface area contributed by atoms with Crippen LogP contribution in [0.15, 0.2) is 36.2 Å². The molecule has 64 valence electrons. The largest absolute Gasteiger partial charge is 0.367 e. The summed E-state index contributed by atoms with van der Waals surface area (Å²) in [5.74, 6) is -0.0510. The van der Waals surface area contributed by atoms with E-state index >= 15 is 0 Å². The zero-order valence-electron chi connectivity index (χ0n) is 7.00. The van der Waals surface area contributed by atoms with Crippen molar-refractivity contribution in [1.82, 2.24) is 10.6 Å². The van der Waals surface area contributed by atoms with Gasteiger partial charge in [-0.15, -0.1) is 0 Å². The minimum Gasteiger partial charge on any atom is -0.367 e. The Morgan fingerprint density at radius 1 is 1.58 bits per heavy atom. The quantitative estimate of drug-likeness (QED) is 0.630. The van der Waals surface area contributed by atoms with E-state index in [4.69, 9.17) is 0 Å². The van der Waals surface area contributed by atoms with Gasteiger partial charge in [0.2, 0.25) is 0 Å². The maximum absolute atomic E-state index is 11.3. The molecule has 1 amide bonds. The third-order valence-corrected chi connectivity index (χ3v) is 1.42. The molecule has 3 nitrogen and oxygen atoms in total. The Labute approximate surface area is 71.8 Å². The van der Waals surface area contributed by atoms with Crippen LogP contribution in [0.1, 0.15) is 6.92 Å². The fraction of sp³-hybridized carbons (Fsp3) is 0.222. The molecule has 1 heterocycles. The van der Waals surface area contributed by atoms with Crippen molar-refractivity contribution in [3.05, 3.63) is 36.2 Å². The lowest BCUT2D eigenvalue weighted by molar-refractivity contribution is -0.117. The van der Waals surface area contributed by atoms with E-state index in [1.54, 1.807) is 18.5 Å². The molecule has 0 unspecified atom stereocenters. The Bertz CT molecular complexity index is 251. The second kappa shape index (κ2) is 4.38. The minimum atomic E-state index is -0.0510. The maximum atomic E-state index is 11.3. The first-order chi connectivity index (χ1) is 5.84. The van der Waals surface area contributed by atoms with Gasteiger partial charge in [0.25, 0.3) is 5.91 Å². The van der Waals surface area contributed by atoms with Crippen LogP contribution in [-0.4, -0.2) is 12.5 Å². The minimum absolute atomic E-state index is 0.0510. The summed E-state index contributed by atoms with van der Waals surface area (Å²) in [5.41, 5.74) is 0.641. The average molecular weight is 164 g/mol. The zero-order valence-corrected chi connectivity index (χ0v) is 7.00. The summed E-state index contributed by atoms with van der Waals surface area (Å²) >= 11 is 0. The van der Waals surface area contributed by atoms with Crippen LogP contribution in [0.5, 0.6) is 0 Å². The summed E-state index contributed by atoms with van der Waals surface area (Å²) in [6.07, 6.45) is 8.86. The Balaban J connectivity index is 2.62. The van der Waals surface area contributed by atoms with Crippen LogP contribution in [0.3, 0.4) is 0 Å². The molecule has 0 aromatic carbocycles. The van der Waals surface area contributed by atoms with E-state index in [2.05, 4.69) is 10.6 Å². The molecule has 0 radical (unpaired) electrons. The van der Waals surface area contributed by atoms with E-state index in [-0.39, 0.29) is 5.91 Å². The molecule has 1 aliphatic rings. The van der Waals surface area contributed by atoms with Gasteiger partial charge in [-0.3, -0.25) is 4.79 Å². The van der Waals surface area contributed by atoms with Gasteiger partial charge in [0, 0.05) is 18.9 Å². The average Bonchev–Trinajstić information content (AvgIpc) is 2.32. The van der Waals surface area contributed by atoms with Gasteiger partial charge in [-0.25, -0.2) is 0 Å². The lowest BCUT2D eigenvalue weighted by Crippen LogP contribution is -2.24. The maximum Gasteiger partial charge on any atom is 0.252 e. The fourth-order valence-electron chi connectivity index (χ4n) is 0.860. The molecule has 12 heavy (non-hydrogen) atoms. The van der Waals surface area contributed by atoms with Crippen molar-refractivity contribution in [2.45, 2.75) is 6.92 Å². The predicted molar refractivity (Wildman–Crippen MR) is 48.2 cm³/mol. The van der Waals surface area contributed by atoms with Crippen LogP contribution in [0.25, 0.3) is 0 Å². The number of rotatable bonds is 2. The van der Waals surface area contributed by atoms with Crippen LogP contribution >= 0.6 is 0 Å². The smallest absolute Gasteiger partial charge is 0.252 e. The first-order valence-electron chi connectivity index (χ1n) is 3.92. The number of nitrogens with one attached hydrogen (secondary N) is 2. The molecule has 0 saturated heterocycles. The second-order valence-electron chi connectivity index (χ2n) is 2.34. The highest BCUT2D eigenvalue weighted by atomic mass is 16.1. The molecule has 2 N–H and O–H groups in total. The Morgan fingerprint density at radius 3 is 3.17 bits per heavy atom. The molecular weight excluding hydrogens is 152 g/mol. The van der Waals surface area contributed by atoms with E-state index in [0.29, 0.717) is 12.1 Å². The monoisotopic (exact) mass is 164 g/mol. The summed E-state index contributed by atoms with van der Waals surface area (Å²) in [5, 5.41) is 5.59. The van der Waals surface area contributed by atoms with Gasteiger partial charge in [0.1, 0.15) is 0 Å². The van der Waals surface area contributed by atoms with Crippen molar-refractivity contribution < 1.29 is 4.79 Å². The molecule has 0 aromatic rings. The Morgan fingerprint density at radius 2 is 2.42 bits per heavy atom. The first kappa shape index (κ1) is 8.59. The van der Waals surface area contributed by atoms with Gasteiger partial charge < -0.3 is 10.6 Å². The van der Waals surface area contributed by atoms with Gasteiger partial charge in [-0.05, 0) is 19.1 Å². The van der Waals surface area contributed by atoms with Gasteiger partial charge in [-0.2, -0.15) is 0 Å². The highest BCUT2D eigenvalue weighted by Gasteiger charge is 2.03. The summed E-state index contributed by atoms with van der Waals surface area (Å²) in [4.78, 5) is 11.3. The fourth-order valence-corrected chi connectivity index (χ4v) is 0.860. The van der Waals surface area contributed by atoms with E-state index in [1.165, 1.54) is 0 Å². The molecular formula is C9H12N2O. The highest BCUT2D eigenvalue weighted by Crippen LogP contribution is 1.98. The molecule has 0 atom stereocenters. The summed E-state index contributed by atoms with van der Waals surface area (Å²) in [7, 11) is 0. The van der Waals surface area contributed by atoms with E-state index < -0.39 is 0 Å². The molecule has 0 fully saturated rings. The Kier molecular flexibility index (Phi) is 3.14. The number of carbonyl (C=O) groups is 1. The third-order valence-electron chi connectivity index (χ3n) is 1.42. The molecule has 1 rings (SSSR count). The summed E-state index contributed by atoms with van der Waals surface area (Å²) < 4.78 is 0. The standard InChI is InChI=1S/C9H12N2O/c1-2-11-9(12)8-5-3-4-6-10-7-8/h3-7,10H,2H2,1H3,(H,11,12). The van der Waals surface area contributed by atoms with Crippen molar-refractivity contribution >= 4 is 5.91 Å². The van der Waals surface area contributed by atoms with Gasteiger partial charge in [0.05, 0.1) is 5.57 Å². The van der Waals surface area contributed by atoms with Crippen molar-refractivity contribution in [1.29, 1.82) is 0 Å². The van der Waals surface area contributed by atoms with Crippen molar-refractivity contribution in [2.75, 3.05) is 6.54 Å². The number of hydrogen-bond acceptors (Lipinski definition) is 2. The molecule has 0 bridgehead atoms. The van der Waals surface area contributed by atoms with E-state index in [0.717, 1.165) is 0 Å². The van der Waals surface area contributed by atoms with Crippen LogP contribution < -0.4 is 10.6 Å². The second-order valence-corrected chi connectivity index (χ2v) is 2.34. The highest BCUT2D eigenvalue weighted by molar-refractivity contribution is 5.96. The van der Waals surface area contributed by atoms with Gasteiger partial charge in [-0.1, -0.05) is 6.08 Å².